The second kappa shape index (κ2) is 6.99. The molecular formula is C18H16Cl2N4O3. The van der Waals surface area contributed by atoms with E-state index in [0.29, 0.717) is 34.3 Å². The number of rotatable bonds is 3. The summed E-state index contributed by atoms with van der Waals surface area (Å²) in [6, 6.07) is 4.59. The number of hydrogen-bond acceptors (Lipinski definition) is 6. The molecule has 0 radical (unpaired) electrons. The van der Waals surface area contributed by atoms with Gasteiger partial charge >= 0.3 is 5.97 Å². The van der Waals surface area contributed by atoms with Crippen LogP contribution in [0.3, 0.4) is 0 Å². The van der Waals surface area contributed by atoms with E-state index < -0.39 is 18.1 Å². The molecule has 0 saturated carbocycles. The Balaban J connectivity index is 1.94. The zero-order valence-electron chi connectivity index (χ0n) is 14.3. The van der Waals surface area contributed by atoms with E-state index >= 15 is 0 Å². The molecule has 0 unspecified atom stereocenters. The maximum atomic E-state index is 12.2. The van der Waals surface area contributed by atoms with Gasteiger partial charge in [0.2, 0.25) is 0 Å². The second-order valence-corrected chi connectivity index (χ2v) is 7.08. The molecule has 2 atom stereocenters. The van der Waals surface area contributed by atoms with Gasteiger partial charge in [-0.05, 0) is 24.1 Å². The number of aromatic amines is 1. The van der Waals surface area contributed by atoms with Crippen LogP contribution >= 0.6 is 23.2 Å². The molecule has 3 aromatic rings. The third-order valence-electron chi connectivity index (χ3n) is 4.77. The van der Waals surface area contributed by atoms with Crippen molar-refractivity contribution in [1.82, 2.24) is 15.2 Å². The van der Waals surface area contributed by atoms with E-state index in [1.807, 2.05) is 12.1 Å². The van der Waals surface area contributed by atoms with Crippen molar-refractivity contribution in [3.63, 3.8) is 0 Å². The van der Waals surface area contributed by atoms with Gasteiger partial charge in [0, 0.05) is 23.7 Å². The van der Waals surface area contributed by atoms with Crippen LogP contribution in [0.2, 0.25) is 10.0 Å². The largest absolute Gasteiger partial charge is 0.467 e. The number of carbonyl (C=O) groups excluding carboxylic acids is 1. The zero-order valence-corrected chi connectivity index (χ0v) is 15.8. The predicted octanol–water partition coefficient (Wildman–Crippen LogP) is 3.04. The normalized spacial score (nSPS) is 19.6. The van der Waals surface area contributed by atoms with Crippen molar-refractivity contribution in [2.24, 2.45) is 0 Å². The van der Waals surface area contributed by atoms with Gasteiger partial charge in [-0.3, -0.25) is 5.10 Å². The molecule has 0 spiro atoms. The monoisotopic (exact) mass is 406 g/mol. The Kier molecular flexibility index (Phi) is 4.67. The minimum absolute atomic E-state index is 0.329. The Bertz CT molecular complexity index is 1010. The van der Waals surface area contributed by atoms with Gasteiger partial charge < -0.3 is 14.7 Å². The van der Waals surface area contributed by atoms with Crippen LogP contribution in [0.25, 0.3) is 22.0 Å². The molecule has 1 aliphatic rings. The summed E-state index contributed by atoms with van der Waals surface area (Å²) in [5.41, 5.74) is 2.20. The summed E-state index contributed by atoms with van der Waals surface area (Å²) in [6.45, 7) is 0.461. The summed E-state index contributed by atoms with van der Waals surface area (Å²) in [5.74, 6) is -0.00114. The first-order valence-electron chi connectivity index (χ1n) is 8.31. The predicted molar refractivity (Wildman–Crippen MR) is 103 cm³/mol. The van der Waals surface area contributed by atoms with Crippen molar-refractivity contribution < 1.29 is 14.6 Å². The number of benzene rings is 1. The van der Waals surface area contributed by atoms with Crippen molar-refractivity contribution in [1.29, 1.82) is 0 Å². The number of carbonyl (C=O) groups is 1. The van der Waals surface area contributed by atoms with Gasteiger partial charge in [-0.25, -0.2) is 9.78 Å². The molecule has 3 heterocycles. The van der Waals surface area contributed by atoms with E-state index in [1.165, 1.54) is 7.11 Å². The number of aliphatic hydroxyl groups excluding tert-OH is 1. The van der Waals surface area contributed by atoms with E-state index in [-0.39, 0.29) is 0 Å². The van der Waals surface area contributed by atoms with E-state index in [0.717, 1.165) is 16.5 Å². The smallest absolute Gasteiger partial charge is 0.331 e. The van der Waals surface area contributed by atoms with E-state index in [9.17, 15) is 9.90 Å². The van der Waals surface area contributed by atoms with Crippen molar-refractivity contribution >= 4 is 45.9 Å². The highest BCUT2D eigenvalue weighted by Gasteiger charge is 2.40. The van der Waals surface area contributed by atoms with E-state index in [1.54, 1.807) is 23.4 Å². The number of anilines is 1. The molecule has 27 heavy (non-hydrogen) atoms. The van der Waals surface area contributed by atoms with Gasteiger partial charge in [-0.2, -0.15) is 5.10 Å². The minimum atomic E-state index is -0.831. The zero-order chi connectivity index (χ0) is 19.1. The molecule has 7 nitrogen and oxygen atoms in total. The number of fused-ring (bicyclic) bond motifs is 1. The van der Waals surface area contributed by atoms with Gasteiger partial charge in [-0.1, -0.05) is 29.3 Å². The number of nitrogens with one attached hydrogen (secondary N) is 1. The van der Waals surface area contributed by atoms with Gasteiger partial charge in [0.05, 0.1) is 35.0 Å². The summed E-state index contributed by atoms with van der Waals surface area (Å²) >= 11 is 12.6. The lowest BCUT2D eigenvalue weighted by molar-refractivity contribution is -0.144. The van der Waals surface area contributed by atoms with Crippen LogP contribution in [0.4, 0.5) is 5.82 Å². The quantitative estimate of drug-likeness (QED) is 0.649. The molecule has 0 bridgehead atoms. The van der Waals surface area contributed by atoms with Crippen LogP contribution in [-0.4, -0.2) is 52.1 Å². The number of methoxy groups -OCH3 is 1. The molecule has 2 aromatic heterocycles. The minimum Gasteiger partial charge on any atom is -0.467 e. The third kappa shape index (κ3) is 3.01. The fourth-order valence-electron chi connectivity index (χ4n) is 3.44. The number of hydrogen-bond donors (Lipinski definition) is 2. The fraction of sp³-hybridized carbons (Fsp3) is 0.278. The van der Waals surface area contributed by atoms with E-state index in [2.05, 4.69) is 15.2 Å². The molecule has 1 saturated heterocycles. The van der Waals surface area contributed by atoms with Crippen LogP contribution in [0, 0.1) is 0 Å². The molecule has 140 valence electrons. The molecule has 9 heteroatoms. The first-order valence-corrected chi connectivity index (χ1v) is 9.07. The molecule has 0 amide bonds. The summed E-state index contributed by atoms with van der Waals surface area (Å²) in [5, 5.41) is 18.6. The van der Waals surface area contributed by atoms with Crippen LogP contribution in [-0.2, 0) is 9.53 Å². The lowest BCUT2D eigenvalue weighted by atomic mass is 10.0. The lowest BCUT2D eigenvalue weighted by Crippen LogP contribution is -2.43. The van der Waals surface area contributed by atoms with Crippen LogP contribution < -0.4 is 4.90 Å². The number of nitrogens with zero attached hydrogens (tertiary/aromatic N) is 3. The van der Waals surface area contributed by atoms with Gasteiger partial charge in [0.25, 0.3) is 0 Å². The molecule has 2 N–H and O–H groups in total. The maximum absolute atomic E-state index is 12.2. The van der Waals surface area contributed by atoms with Crippen molar-refractivity contribution in [3.8, 4) is 11.1 Å². The number of halogens is 2. The number of aliphatic hydroxyl groups is 1. The summed E-state index contributed by atoms with van der Waals surface area (Å²) in [7, 11) is 1.30. The number of esters is 1. The highest BCUT2D eigenvalue weighted by molar-refractivity contribution is 6.45. The Hall–Kier alpha value is -2.35. The molecule has 4 rings (SSSR count). The van der Waals surface area contributed by atoms with Gasteiger partial charge in [0.1, 0.15) is 5.82 Å². The molecule has 1 aromatic carbocycles. The van der Waals surface area contributed by atoms with Crippen LogP contribution in [0.5, 0.6) is 0 Å². The summed E-state index contributed by atoms with van der Waals surface area (Å²) in [4.78, 5) is 18.6. The topological polar surface area (TPSA) is 91.3 Å². The van der Waals surface area contributed by atoms with Crippen LogP contribution in [0.1, 0.15) is 6.42 Å². The van der Waals surface area contributed by atoms with Crippen molar-refractivity contribution in [2.45, 2.75) is 18.6 Å². The summed E-state index contributed by atoms with van der Waals surface area (Å²) < 4.78 is 4.86. The Labute approximate surface area is 164 Å². The molecule has 1 aliphatic heterocycles. The molecule has 1 fully saturated rings. The highest BCUT2D eigenvalue weighted by Crippen LogP contribution is 2.38. The highest BCUT2D eigenvalue weighted by atomic mass is 35.5. The Morgan fingerprint density at radius 3 is 2.93 bits per heavy atom. The third-order valence-corrected chi connectivity index (χ3v) is 5.57. The van der Waals surface area contributed by atoms with Crippen molar-refractivity contribution in [3.05, 3.63) is 40.6 Å². The SMILES string of the molecule is COC(=O)[C@@H]1[C@@H](O)CCN1c1cc(-c2cn[nH]c2)c2ccc(Cl)c(Cl)c2n1. The number of aromatic nitrogens is 3. The Morgan fingerprint density at radius 1 is 1.41 bits per heavy atom. The number of pyridine rings is 1. The second-order valence-electron chi connectivity index (χ2n) is 6.29. The standard InChI is InChI=1S/C18H16Cl2N4O3/c1-27-18(26)17-13(25)4-5-24(17)14-6-11(9-7-21-22-8-9)10-2-3-12(19)15(20)16(10)23-14/h2-3,6-8,13,17,25H,4-5H2,1H3,(H,21,22)/t13-,17-/m0/s1. The number of ether oxygens (including phenoxy) is 1. The first-order chi connectivity index (χ1) is 13.0. The average Bonchev–Trinajstić information content (AvgIpc) is 3.33. The molecular weight excluding hydrogens is 391 g/mol. The molecule has 0 aliphatic carbocycles. The average molecular weight is 407 g/mol. The van der Waals surface area contributed by atoms with Gasteiger partial charge in [0.15, 0.2) is 6.04 Å². The van der Waals surface area contributed by atoms with Crippen molar-refractivity contribution in [2.75, 3.05) is 18.6 Å². The number of H-pyrrole nitrogens is 1. The van der Waals surface area contributed by atoms with Crippen LogP contribution in [0.15, 0.2) is 30.6 Å². The summed E-state index contributed by atoms with van der Waals surface area (Å²) in [6.07, 6.45) is 3.06. The first kappa shape index (κ1) is 18.0. The fourth-order valence-corrected chi connectivity index (χ4v) is 3.80. The van der Waals surface area contributed by atoms with Gasteiger partial charge in [-0.15, -0.1) is 0 Å². The maximum Gasteiger partial charge on any atom is 0.331 e. The van der Waals surface area contributed by atoms with E-state index in [4.69, 9.17) is 27.9 Å². The Morgan fingerprint density at radius 2 is 2.22 bits per heavy atom. The lowest BCUT2D eigenvalue weighted by Gasteiger charge is -2.26.